The van der Waals surface area contributed by atoms with E-state index in [4.69, 9.17) is 12.2 Å². The lowest BCUT2D eigenvalue weighted by atomic mass is 10.3. The van der Waals surface area contributed by atoms with E-state index in [1.165, 1.54) is 12.1 Å². The van der Waals surface area contributed by atoms with E-state index < -0.39 is 9.84 Å². The molecule has 0 aliphatic carbocycles. The van der Waals surface area contributed by atoms with Gasteiger partial charge in [-0.25, -0.2) is 8.42 Å². The average molecular weight is 237 g/mol. The van der Waals surface area contributed by atoms with Crippen molar-refractivity contribution in [3.05, 3.63) is 24.3 Å². The Labute approximate surface area is 96.6 Å². The highest BCUT2D eigenvalue weighted by Crippen LogP contribution is 2.14. The average Bonchev–Trinajstić information content (AvgIpc) is 2.25. The number of unbranched alkanes of at least 4 members (excludes halogenated alkanes) is 2. The Morgan fingerprint density at radius 2 is 1.81 bits per heavy atom. The molecule has 0 amide bonds. The third-order valence-electron chi connectivity index (χ3n) is 2.22. The number of hydrogen-bond donors (Lipinski definition) is 1. The molecular weight excluding hydrogens is 222 g/mol. The summed E-state index contributed by atoms with van der Waals surface area (Å²) in [7, 11) is -3.18. The predicted molar refractivity (Wildman–Crippen MR) is 65.6 cm³/mol. The lowest BCUT2D eigenvalue weighted by molar-refractivity contribution is 0.592. The molecular formula is C12H15NO2S. The Kier molecular flexibility index (Phi) is 4.39. The molecule has 3 nitrogen and oxygen atoms in total. The van der Waals surface area contributed by atoms with Gasteiger partial charge < -0.3 is 5.73 Å². The fraction of sp³-hybridized carbons (Fsp3) is 0.333. The Bertz CT molecular complexity index is 469. The van der Waals surface area contributed by atoms with E-state index in [2.05, 4.69) is 5.92 Å². The summed E-state index contributed by atoms with van der Waals surface area (Å²) in [4.78, 5) is 0.322. The van der Waals surface area contributed by atoms with Crippen LogP contribution >= 0.6 is 0 Å². The first-order valence-corrected chi connectivity index (χ1v) is 6.73. The molecule has 2 N–H and O–H groups in total. The summed E-state index contributed by atoms with van der Waals surface area (Å²) in [6.07, 6.45) is 7.05. The maximum atomic E-state index is 11.8. The van der Waals surface area contributed by atoms with Crippen LogP contribution in [0.25, 0.3) is 0 Å². The van der Waals surface area contributed by atoms with Crippen LogP contribution in [0.4, 0.5) is 5.69 Å². The SMILES string of the molecule is C#CCCCCS(=O)(=O)c1ccc(N)cc1. The number of sulfone groups is 1. The number of benzene rings is 1. The van der Waals surface area contributed by atoms with Gasteiger partial charge in [0.25, 0.3) is 0 Å². The highest BCUT2D eigenvalue weighted by atomic mass is 32.2. The molecule has 0 bridgehead atoms. The molecule has 0 unspecified atom stereocenters. The molecule has 0 heterocycles. The van der Waals surface area contributed by atoms with Crippen molar-refractivity contribution in [2.75, 3.05) is 11.5 Å². The van der Waals surface area contributed by atoms with Gasteiger partial charge in [0, 0.05) is 12.1 Å². The van der Waals surface area contributed by atoms with Gasteiger partial charge in [0.2, 0.25) is 0 Å². The van der Waals surface area contributed by atoms with E-state index in [9.17, 15) is 8.42 Å². The van der Waals surface area contributed by atoms with Gasteiger partial charge in [-0.15, -0.1) is 12.3 Å². The van der Waals surface area contributed by atoms with Crippen LogP contribution in [0.15, 0.2) is 29.2 Å². The zero-order valence-corrected chi connectivity index (χ0v) is 9.83. The summed E-state index contributed by atoms with van der Waals surface area (Å²) in [5.41, 5.74) is 6.05. The molecule has 0 atom stereocenters. The van der Waals surface area contributed by atoms with E-state index in [1.54, 1.807) is 12.1 Å². The standard InChI is InChI=1S/C12H15NO2S/c1-2-3-4-5-10-16(14,15)12-8-6-11(13)7-9-12/h1,6-9H,3-5,10,13H2. The van der Waals surface area contributed by atoms with Gasteiger partial charge in [0.15, 0.2) is 9.84 Å². The van der Waals surface area contributed by atoms with Gasteiger partial charge in [-0.3, -0.25) is 0 Å². The molecule has 0 aliphatic rings. The minimum absolute atomic E-state index is 0.137. The monoisotopic (exact) mass is 237 g/mol. The van der Waals surface area contributed by atoms with Crippen molar-refractivity contribution in [1.82, 2.24) is 0 Å². The molecule has 1 rings (SSSR count). The minimum Gasteiger partial charge on any atom is -0.399 e. The van der Waals surface area contributed by atoms with Gasteiger partial charge in [-0.1, -0.05) is 0 Å². The Hall–Kier alpha value is -1.47. The van der Waals surface area contributed by atoms with E-state index in [0.717, 1.165) is 6.42 Å². The van der Waals surface area contributed by atoms with Gasteiger partial charge in [-0.2, -0.15) is 0 Å². The fourth-order valence-electron chi connectivity index (χ4n) is 1.31. The van der Waals surface area contributed by atoms with E-state index in [-0.39, 0.29) is 5.75 Å². The summed E-state index contributed by atoms with van der Waals surface area (Å²) in [6, 6.07) is 6.25. The van der Waals surface area contributed by atoms with Crippen molar-refractivity contribution in [2.24, 2.45) is 0 Å². The first kappa shape index (κ1) is 12.6. The van der Waals surface area contributed by atoms with Crippen LogP contribution in [0.1, 0.15) is 19.3 Å². The van der Waals surface area contributed by atoms with E-state index >= 15 is 0 Å². The maximum absolute atomic E-state index is 11.8. The normalized spacial score (nSPS) is 10.9. The summed E-state index contributed by atoms with van der Waals surface area (Å²) in [6.45, 7) is 0. The molecule has 86 valence electrons. The summed E-state index contributed by atoms with van der Waals surface area (Å²) >= 11 is 0. The zero-order valence-electron chi connectivity index (χ0n) is 9.02. The van der Waals surface area contributed by atoms with E-state index in [0.29, 0.717) is 23.4 Å². The molecule has 16 heavy (non-hydrogen) atoms. The molecule has 1 aromatic carbocycles. The molecule has 0 saturated heterocycles. The summed E-state index contributed by atoms with van der Waals surface area (Å²) in [5.74, 6) is 2.63. The Morgan fingerprint density at radius 1 is 1.19 bits per heavy atom. The van der Waals surface area contributed by atoms with Gasteiger partial charge in [-0.05, 0) is 37.1 Å². The Morgan fingerprint density at radius 3 is 2.38 bits per heavy atom. The van der Waals surface area contributed by atoms with Crippen LogP contribution in [0.5, 0.6) is 0 Å². The van der Waals surface area contributed by atoms with Crippen LogP contribution in [0.2, 0.25) is 0 Å². The van der Waals surface area contributed by atoms with Crippen LogP contribution in [0, 0.1) is 12.3 Å². The van der Waals surface area contributed by atoms with Crippen LogP contribution in [0.3, 0.4) is 0 Å². The number of hydrogen-bond acceptors (Lipinski definition) is 3. The van der Waals surface area contributed by atoms with Crippen molar-refractivity contribution in [2.45, 2.75) is 24.2 Å². The molecule has 0 aliphatic heterocycles. The third kappa shape index (κ3) is 3.59. The third-order valence-corrected chi connectivity index (χ3v) is 4.04. The smallest absolute Gasteiger partial charge is 0.178 e. The largest absolute Gasteiger partial charge is 0.399 e. The number of terminal acetylenes is 1. The highest BCUT2D eigenvalue weighted by Gasteiger charge is 2.12. The van der Waals surface area contributed by atoms with Crippen molar-refractivity contribution in [3.8, 4) is 12.3 Å². The van der Waals surface area contributed by atoms with Crippen LogP contribution in [-0.2, 0) is 9.84 Å². The topological polar surface area (TPSA) is 60.2 Å². The van der Waals surface area contributed by atoms with Crippen LogP contribution < -0.4 is 5.73 Å². The number of nitrogen functional groups attached to an aromatic ring is 1. The first-order valence-electron chi connectivity index (χ1n) is 5.08. The molecule has 0 saturated carbocycles. The minimum atomic E-state index is -3.18. The lowest BCUT2D eigenvalue weighted by Crippen LogP contribution is -2.06. The Balaban J connectivity index is 2.64. The summed E-state index contributed by atoms with van der Waals surface area (Å²) in [5, 5.41) is 0. The number of anilines is 1. The van der Waals surface area contributed by atoms with Crippen molar-refractivity contribution >= 4 is 15.5 Å². The van der Waals surface area contributed by atoms with Crippen molar-refractivity contribution in [1.29, 1.82) is 0 Å². The van der Waals surface area contributed by atoms with Gasteiger partial charge >= 0.3 is 0 Å². The van der Waals surface area contributed by atoms with Gasteiger partial charge in [0.1, 0.15) is 0 Å². The molecule has 4 heteroatoms. The van der Waals surface area contributed by atoms with Crippen molar-refractivity contribution < 1.29 is 8.42 Å². The second-order valence-corrected chi connectivity index (χ2v) is 5.66. The quantitative estimate of drug-likeness (QED) is 0.483. The fourth-order valence-corrected chi connectivity index (χ4v) is 2.68. The highest BCUT2D eigenvalue weighted by molar-refractivity contribution is 7.91. The predicted octanol–water partition coefficient (Wildman–Crippen LogP) is 1.85. The molecule has 1 aromatic rings. The second kappa shape index (κ2) is 5.57. The van der Waals surface area contributed by atoms with Gasteiger partial charge in [0.05, 0.1) is 10.6 Å². The summed E-state index contributed by atoms with van der Waals surface area (Å²) < 4.78 is 23.6. The lowest BCUT2D eigenvalue weighted by Gasteiger charge is -2.03. The maximum Gasteiger partial charge on any atom is 0.178 e. The zero-order chi connectivity index (χ0) is 12.0. The molecule has 0 fully saturated rings. The molecule has 0 aromatic heterocycles. The number of nitrogens with two attached hydrogens (primary N) is 1. The molecule has 0 spiro atoms. The second-order valence-electron chi connectivity index (χ2n) is 3.55. The molecule has 0 radical (unpaired) electrons. The van der Waals surface area contributed by atoms with Crippen LogP contribution in [-0.4, -0.2) is 14.2 Å². The van der Waals surface area contributed by atoms with E-state index in [1.807, 2.05) is 0 Å². The van der Waals surface area contributed by atoms with Crippen molar-refractivity contribution in [3.63, 3.8) is 0 Å². The number of rotatable bonds is 5. The first-order chi connectivity index (χ1) is 7.56.